The van der Waals surface area contributed by atoms with Gasteiger partial charge in [0.2, 0.25) is 15.9 Å². The molecule has 9 nitrogen and oxygen atoms in total. The fourth-order valence-electron chi connectivity index (χ4n) is 3.37. The molecule has 0 spiro atoms. The molecular weight excluding hydrogens is 474 g/mol. The highest BCUT2D eigenvalue weighted by molar-refractivity contribution is 7.99. The van der Waals surface area contributed by atoms with Gasteiger partial charge in [0.1, 0.15) is 5.82 Å². The van der Waals surface area contributed by atoms with E-state index in [1.165, 1.54) is 10.6 Å². The minimum absolute atomic E-state index is 0.0616. The van der Waals surface area contributed by atoms with Crippen LogP contribution < -0.4 is 16.0 Å². The van der Waals surface area contributed by atoms with Gasteiger partial charge in [-0.05, 0) is 61.4 Å². The number of rotatable bonds is 6. The number of nitrogens with zero attached hydrogens (tertiary/aromatic N) is 3. The summed E-state index contributed by atoms with van der Waals surface area (Å²) in [5.74, 6) is -0.0716. The maximum Gasteiger partial charge on any atom is 0.267 e. The second-order valence-corrected chi connectivity index (χ2v) is 10.1. The number of fused-ring (bicyclic) bond motifs is 1. The number of hydrogen-bond donors (Lipinski definition) is 2. The van der Waals surface area contributed by atoms with Gasteiger partial charge < -0.3 is 5.32 Å². The molecule has 0 saturated carbocycles. The number of pyridine rings is 1. The monoisotopic (exact) mass is 495 g/mol. The first-order chi connectivity index (χ1) is 16.1. The Morgan fingerprint density at radius 3 is 2.62 bits per heavy atom. The molecule has 0 aliphatic heterocycles. The predicted octanol–water partition coefficient (Wildman–Crippen LogP) is 2.78. The van der Waals surface area contributed by atoms with E-state index in [-0.39, 0.29) is 16.2 Å². The lowest BCUT2D eigenvalue weighted by Gasteiger charge is -2.13. The van der Waals surface area contributed by atoms with Crippen molar-refractivity contribution in [3.8, 4) is 5.82 Å². The summed E-state index contributed by atoms with van der Waals surface area (Å²) < 4.78 is 24.9. The van der Waals surface area contributed by atoms with Crippen LogP contribution in [0.5, 0.6) is 0 Å². The standard InChI is InChI=1S/C23H21N5O4S2/c1-14-9-10-25-20(11-14)28-22(30)17-5-3-4-6-18(17)27-23(28)33-13-21(29)26-16-8-7-15(2)19(12-16)34(24,31)32/h3-12H,13H2,1-2H3,(H,26,29)(H2,24,31,32). The molecule has 0 atom stereocenters. The molecular formula is C23H21N5O4S2. The lowest BCUT2D eigenvalue weighted by atomic mass is 10.2. The molecule has 0 fully saturated rings. The first kappa shape index (κ1) is 23.6. The van der Waals surface area contributed by atoms with Crippen molar-refractivity contribution in [1.29, 1.82) is 0 Å². The number of primary sulfonamides is 1. The van der Waals surface area contributed by atoms with E-state index in [0.29, 0.717) is 33.1 Å². The zero-order valence-electron chi connectivity index (χ0n) is 18.3. The Bertz CT molecular complexity index is 1580. The van der Waals surface area contributed by atoms with E-state index in [1.54, 1.807) is 55.6 Å². The minimum atomic E-state index is -3.92. The van der Waals surface area contributed by atoms with Gasteiger partial charge in [0.25, 0.3) is 5.56 Å². The number of aromatic nitrogens is 3. The van der Waals surface area contributed by atoms with Gasteiger partial charge in [-0.1, -0.05) is 30.0 Å². The third-order valence-electron chi connectivity index (χ3n) is 4.99. The van der Waals surface area contributed by atoms with Crippen molar-refractivity contribution in [3.05, 3.63) is 82.3 Å². The topological polar surface area (TPSA) is 137 Å². The van der Waals surface area contributed by atoms with E-state index in [2.05, 4.69) is 15.3 Å². The molecule has 2 heterocycles. The number of carbonyl (C=O) groups excluding carboxylic acids is 1. The van der Waals surface area contributed by atoms with Crippen molar-refractivity contribution in [1.82, 2.24) is 14.5 Å². The molecule has 4 rings (SSSR count). The van der Waals surface area contributed by atoms with E-state index in [4.69, 9.17) is 5.14 Å². The van der Waals surface area contributed by atoms with Crippen molar-refractivity contribution in [2.24, 2.45) is 5.14 Å². The summed E-state index contributed by atoms with van der Waals surface area (Å²) in [6.45, 7) is 3.51. The van der Waals surface area contributed by atoms with E-state index >= 15 is 0 Å². The highest BCUT2D eigenvalue weighted by Crippen LogP contribution is 2.22. The third kappa shape index (κ3) is 5.01. The van der Waals surface area contributed by atoms with Crippen LogP contribution in [-0.2, 0) is 14.8 Å². The van der Waals surface area contributed by atoms with Crippen LogP contribution in [0.15, 0.2) is 75.6 Å². The van der Waals surface area contributed by atoms with Crippen LogP contribution in [0.4, 0.5) is 5.69 Å². The highest BCUT2D eigenvalue weighted by atomic mass is 32.2. The van der Waals surface area contributed by atoms with Crippen molar-refractivity contribution >= 4 is 44.3 Å². The molecule has 0 bridgehead atoms. The Labute approximate surface area is 200 Å². The Balaban J connectivity index is 1.64. The number of sulfonamides is 1. The molecule has 0 radical (unpaired) electrons. The van der Waals surface area contributed by atoms with Crippen LogP contribution in [0.3, 0.4) is 0 Å². The third-order valence-corrected chi connectivity index (χ3v) is 6.98. The molecule has 0 aliphatic rings. The van der Waals surface area contributed by atoms with E-state index in [1.807, 2.05) is 13.0 Å². The minimum Gasteiger partial charge on any atom is -0.325 e. The molecule has 174 valence electrons. The van der Waals surface area contributed by atoms with E-state index in [9.17, 15) is 18.0 Å². The molecule has 34 heavy (non-hydrogen) atoms. The van der Waals surface area contributed by atoms with Crippen LogP contribution in [0, 0.1) is 13.8 Å². The molecule has 2 aromatic carbocycles. The van der Waals surface area contributed by atoms with Gasteiger partial charge in [-0.15, -0.1) is 0 Å². The number of amides is 1. The number of anilines is 1. The summed E-state index contributed by atoms with van der Waals surface area (Å²) in [6, 6.07) is 15.0. The zero-order valence-corrected chi connectivity index (χ0v) is 20.0. The van der Waals surface area contributed by atoms with Crippen LogP contribution in [-0.4, -0.2) is 34.6 Å². The van der Waals surface area contributed by atoms with Gasteiger partial charge in [-0.25, -0.2) is 28.1 Å². The molecule has 4 aromatic rings. The average Bonchev–Trinajstić information content (AvgIpc) is 2.78. The Morgan fingerprint density at radius 1 is 1.12 bits per heavy atom. The Morgan fingerprint density at radius 2 is 1.88 bits per heavy atom. The van der Waals surface area contributed by atoms with Gasteiger partial charge in [0.15, 0.2) is 5.16 Å². The van der Waals surface area contributed by atoms with Crippen molar-refractivity contribution in [2.75, 3.05) is 11.1 Å². The van der Waals surface area contributed by atoms with Gasteiger partial charge in [0.05, 0.1) is 21.6 Å². The number of thioether (sulfide) groups is 1. The van der Waals surface area contributed by atoms with Gasteiger partial charge in [-0.3, -0.25) is 9.59 Å². The largest absolute Gasteiger partial charge is 0.325 e. The molecule has 0 aliphatic carbocycles. The van der Waals surface area contributed by atoms with Gasteiger partial charge in [0, 0.05) is 11.9 Å². The first-order valence-corrected chi connectivity index (χ1v) is 12.7. The summed E-state index contributed by atoms with van der Waals surface area (Å²) >= 11 is 1.07. The molecule has 3 N–H and O–H groups in total. The summed E-state index contributed by atoms with van der Waals surface area (Å²) in [5.41, 5.74) is 1.91. The molecule has 11 heteroatoms. The maximum atomic E-state index is 13.3. The summed E-state index contributed by atoms with van der Waals surface area (Å²) in [4.78, 5) is 34.7. The van der Waals surface area contributed by atoms with Crippen molar-refractivity contribution < 1.29 is 13.2 Å². The summed E-state index contributed by atoms with van der Waals surface area (Å²) in [5, 5.41) is 8.66. The van der Waals surface area contributed by atoms with Crippen LogP contribution >= 0.6 is 11.8 Å². The van der Waals surface area contributed by atoms with Gasteiger partial charge in [-0.2, -0.15) is 0 Å². The smallest absolute Gasteiger partial charge is 0.267 e. The quantitative estimate of drug-likeness (QED) is 0.310. The van der Waals surface area contributed by atoms with Crippen molar-refractivity contribution in [3.63, 3.8) is 0 Å². The van der Waals surface area contributed by atoms with E-state index < -0.39 is 15.9 Å². The summed E-state index contributed by atoms with van der Waals surface area (Å²) in [6.07, 6.45) is 1.61. The Kier molecular flexibility index (Phi) is 6.51. The highest BCUT2D eigenvalue weighted by Gasteiger charge is 2.17. The molecule has 0 saturated heterocycles. The fourth-order valence-corrected chi connectivity index (χ4v) is 4.97. The van der Waals surface area contributed by atoms with Crippen LogP contribution in [0.2, 0.25) is 0 Å². The number of aryl methyl sites for hydroxylation is 2. The SMILES string of the molecule is Cc1ccnc(-n2c(SCC(=O)Nc3ccc(C)c(S(N)(=O)=O)c3)nc3ccccc3c2=O)c1. The lowest BCUT2D eigenvalue weighted by Crippen LogP contribution is -2.23. The van der Waals surface area contributed by atoms with Crippen LogP contribution in [0.25, 0.3) is 16.7 Å². The lowest BCUT2D eigenvalue weighted by molar-refractivity contribution is -0.113. The number of hydrogen-bond acceptors (Lipinski definition) is 7. The average molecular weight is 496 g/mol. The fraction of sp³-hybridized carbons (Fsp3) is 0.130. The molecule has 1 amide bonds. The zero-order chi connectivity index (χ0) is 24.5. The second-order valence-electron chi connectivity index (χ2n) is 7.61. The number of para-hydroxylation sites is 1. The molecule has 0 unspecified atom stereocenters. The number of benzene rings is 2. The number of carbonyl (C=O) groups is 1. The number of nitrogens with one attached hydrogen (secondary N) is 1. The maximum absolute atomic E-state index is 13.3. The van der Waals surface area contributed by atoms with Crippen LogP contribution in [0.1, 0.15) is 11.1 Å². The van der Waals surface area contributed by atoms with Gasteiger partial charge >= 0.3 is 0 Å². The predicted molar refractivity (Wildman–Crippen MR) is 132 cm³/mol. The number of nitrogens with two attached hydrogens (primary N) is 1. The normalized spacial score (nSPS) is 11.5. The Hall–Kier alpha value is -3.54. The second kappa shape index (κ2) is 9.37. The molecule has 2 aromatic heterocycles. The first-order valence-electron chi connectivity index (χ1n) is 10.1. The summed E-state index contributed by atoms with van der Waals surface area (Å²) in [7, 11) is -3.92. The van der Waals surface area contributed by atoms with Crippen molar-refractivity contribution in [2.45, 2.75) is 23.9 Å². The van der Waals surface area contributed by atoms with E-state index in [0.717, 1.165) is 17.3 Å².